The summed E-state index contributed by atoms with van der Waals surface area (Å²) in [6.07, 6.45) is -1.79. The number of carbonyl (C=O) groups is 1. The van der Waals surface area contributed by atoms with Crippen molar-refractivity contribution < 1.29 is 18.0 Å². The second kappa shape index (κ2) is 6.08. The number of carbonyl (C=O) groups excluding carboxylic acids is 1. The van der Waals surface area contributed by atoms with E-state index in [0.717, 1.165) is 18.3 Å². The number of nitrogens with one attached hydrogen (secondary N) is 1. The van der Waals surface area contributed by atoms with E-state index >= 15 is 0 Å². The largest absolute Gasteiger partial charge is 0.416 e. The van der Waals surface area contributed by atoms with Crippen LogP contribution < -0.4 is 10.9 Å². The van der Waals surface area contributed by atoms with Gasteiger partial charge in [0.05, 0.1) is 5.56 Å². The zero-order chi connectivity index (χ0) is 17.3. The molecule has 1 aromatic carbocycles. The van der Waals surface area contributed by atoms with Crippen LogP contribution in [0, 0.1) is 0 Å². The Morgan fingerprint density at radius 3 is 2.88 bits per heavy atom. The highest BCUT2D eigenvalue weighted by atomic mass is 32.1. The predicted molar refractivity (Wildman–Crippen MR) is 82.0 cm³/mol. The Balaban J connectivity index is 1.78. The normalized spacial score (nSPS) is 11.6. The van der Waals surface area contributed by atoms with Crippen molar-refractivity contribution in [1.29, 1.82) is 0 Å². The molecule has 0 radical (unpaired) electrons. The lowest BCUT2D eigenvalue weighted by Crippen LogP contribution is -2.30. The number of fused-ring (bicyclic) bond motifs is 1. The molecule has 0 spiro atoms. The van der Waals surface area contributed by atoms with Crippen LogP contribution in [0.5, 0.6) is 0 Å². The Kier molecular flexibility index (Phi) is 4.10. The fourth-order valence-electron chi connectivity index (χ4n) is 2.12. The molecule has 0 aliphatic rings. The molecule has 0 unspecified atom stereocenters. The predicted octanol–water partition coefficient (Wildman–Crippen LogP) is 2.70. The van der Waals surface area contributed by atoms with Gasteiger partial charge in [-0.15, -0.1) is 11.3 Å². The number of amides is 1. The summed E-state index contributed by atoms with van der Waals surface area (Å²) in [6, 6.07) is 4.63. The monoisotopic (exact) mass is 353 g/mol. The zero-order valence-electron chi connectivity index (χ0n) is 12.0. The van der Waals surface area contributed by atoms with Gasteiger partial charge in [-0.25, -0.2) is 4.98 Å². The Bertz CT molecular complexity index is 962. The summed E-state index contributed by atoms with van der Waals surface area (Å²) in [5.41, 5.74) is -1.21. The van der Waals surface area contributed by atoms with Gasteiger partial charge < -0.3 is 5.32 Å². The quantitative estimate of drug-likeness (QED) is 0.787. The van der Waals surface area contributed by atoms with Crippen LogP contribution in [0.25, 0.3) is 4.96 Å². The summed E-state index contributed by atoms with van der Waals surface area (Å²) in [7, 11) is 0. The van der Waals surface area contributed by atoms with Crippen LogP contribution in [0.1, 0.15) is 21.5 Å². The Hall–Kier alpha value is -2.68. The van der Waals surface area contributed by atoms with Crippen LogP contribution in [0.3, 0.4) is 0 Å². The summed E-state index contributed by atoms with van der Waals surface area (Å²) < 4.78 is 39.2. The van der Waals surface area contributed by atoms with E-state index in [2.05, 4.69) is 10.3 Å². The van der Waals surface area contributed by atoms with Gasteiger partial charge in [0.2, 0.25) is 0 Å². The first kappa shape index (κ1) is 16.2. The Morgan fingerprint density at radius 2 is 2.12 bits per heavy atom. The average Bonchev–Trinajstić information content (AvgIpc) is 3.02. The maximum Gasteiger partial charge on any atom is 0.416 e. The molecule has 1 amide bonds. The number of thiazole rings is 1. The van der Waals surface area contributed by atoms with E-state index in [9.17, 15) is 22.8 Å². The molecule has 2 aromatic heterocycles. The van der Waals surface area contributed by atoms with E-state index < -0.39 is 23.2 Å². The third-order valence-electron chi connectivity index (χ3n) is 3.29. The van der Waals surface area contributed by atoms with Crippen molar-refractivity contribution in [3.63, 3.8) is 0 Å². The van der Waals surface area contributed by atoms with Gasteiger partial charge in [0, 0.05) is 24.3 Å². The Labute approximate surface area is 137 Å². The molecule has 0 aliphatic carbocycles. The molecule has 124 valence electrons. The molecule has 24 heavy (non-hydrogen) atoms. The van der Waals surface area contributed by atoms with E-state index in [1.165, 1.54) is 34.1 Å². The SMILES string of the molecule is O=C(NCc1cccc(C(F)(F)F)c1)c1cnc2sccn2c1=O. The van der Waals surface area contributed by atoms with Crippen molar-refractivity contribution in [3.05, 3.63) is 69.1 Å². The maximum absolute atomic E-state index is 12.7. The van der Waals surface area contributed by atoms with E-state index in [0.29, 0.717) is 4.96 Å². The number of benzene rings is 1. The van der Waals surface area contributed by atoms with E-state index in [-0.39, 0.29) is 17.7 Å². The van der Waals surface area contributed by atoms with Crippen molar-refractivity contribution >= 4 is 22.2 Å². The lowest BCUT2D eigenvalue weighted by molar-refractivity contribution is -0.137. The first-order valence-electron chi connectivity index (χ1n) is 6.75. The number of hydrogen-bond donors (Lipinski definition) is 1. The second-order valence-electron chi connectivity index (χ2n) is 4.91. The number of alkyl halides is 3. The molecule has 0 saturated carbocycles. The summed E-state index contributed by atoms with van der Waals surface area (Å²) in [4.78, 5) is 28.7. The molecule has 5 nitrogen and oxygen atoms in total. The van der Waals surface area contributed by atoms with Gasteiger partial charge in [0.15, 0.2) is 4.96 Å². The molecule has 2 heterocycles. The lowest BCUT2D eigenvalue weighted by Gasteiger charge is -2.09. The standard InChI is InChI=1S/C15H10F3N3O2S/c16-15(17,18)10-3-1-2-9(6-10)7-19-12(22)11-8-20-14-21(13(11)23)4-5-24-14/h1-6,8H,7H2,(H,19,22). The highest BCUT2D eigenvalue weighted by molar-refractivity contribution is 7.15. The van der Waals surface area contributed by atoms with Crippen LogP contribution in [0.2, 0.25) is 0 Å². The van der Waals surface area contributed by atoms with Gasteiger partial charge >= 0.3 is 6.18 Å². The third-order valence-corrected chi connectivity index (χ3v) is 4.07. The summed E-state index contributed by atoms with van der Waals surface area (Å²) in [6.45, 7) is -0.130. The molecule has 0 atom stereocenters. The van der Waals surface area contributed by atoms with Crippen LogP contribution in [-0.4, -0.2) is 15.3 Å². The average molecular weight is 353 g/mol. The van der Waals surface area contributed by atoms with Gasteiger partial charge in [-0.1, -0.05) is 12.1 Å². The molecule has 0 aliphatic heterocycles. The number of aromatic nitrogens is 2. The van der Waals surface area contributed by atoms with E-state index in [1.54, 1.807) is 5.38 Å². The van der Waals surface area contributed by atoms with E-state index in [4.69, 9.17) is 0 Å². The van der Waals surface area contributed by atoms with Crippen LogP contribution in [0.4, 0.5) is 13.2 Å². The van der Waals surface area contributed by atoms with Crippen molar-refractivity contribution in [1.82, 2.24) is 14.7 Å². The highest BCUT2D eigenvalue weighted by Gasteiger charge is 2.30. The molecule has 3 aromatic rings. The number of rotatable bonds is 3. The third kappa shape index (κ3) is 3.16. The minimum absolute atomic E-state index is 0.130. The molecule has 0 saturated heterocycles. The van der Waals surface area contributed by atoms with Crippen molar-refractivity contribution in [2.75, 3.05) is 0 Å². The molecule has 0 bridgehead atoms. The van der Waals surface area contributed by atoms with Gasteiger partial charge in [0.1, 0.15) is 5.56 Å². The molecule has 1 N–H and O–H groups in total. The molecular weight excluding hydrogens is 343 g/mol. The molecule has 3 rings (SSSR count). The maximum atomic E-state index is 12.7. The van der Waals surface area contributed by atoms with Crippen LogP contribution in [-0.2, 0) is 12.7 Å². The topological polar surface area (TPSA) is 63.5 Å². The Morgan fingerprint density at radius 1 is 1.33 bits per heavy atom. The van der Waals surface area contributed by atoms with Gasteiger partial charge in [-0.3, -0.25) is 14.0 Å². The van der Waals surface area contributed by atoms with Crippen LogP contribution in [0.15, 0.2) is 46.8 Å². The molecular formula is C15H10F3N3O2S. The summed E-state index contributed by atoms with van der Waals surface area (Å²) in [5.74, 6) is -0.689. The van der Waals surface area contributed by atoms with Gasteiger partial charge in [-0.2, -0.15) is 13.2 Å². The number of hydrogen-bond acceptors (Lipinski definition) is 4. The number of halogens is 3. The minimum atomic E-state index is -4.45. The zero-order valence-corrected chi connectivity index (χ0v) is 12.8. The highest BCUT2D eigenvalue weighted by Crippen LogP contribution is 2.29. The van der Waals surface area contributed by atoms with Crippen LogP contribution >= 0.6 is 11.3 Å². The fraction of sp³-hybridized carbons (Fsp3) is 0.133. The number of nitrogens with zero attached hydrogens (tertiary/aromatic N) is 2. The summed E-state index contributed by atoms with van der Waals surface area (Å²) in [5, 5.41) is 4.10. The van der Waals surface area contributed by atoms with Crippen molar-refractivity contribution in [2.45, 2.75) is 12.7 Å². The van der Waals surface area contributed by atoms with E-state index in [1.807, 2.05) is 0 Å². The van der Waals surface area contributed by atoms with Gasteiger partial charge in [-0.05, 0) is 17.7 Å². The second-order valence-corrected chi connectivity index (χ2v) is 5.79. The lowest BCUT2D eigenvalue weighted by atomic mass is 10.1. The molecule has 0 fully saturated rings. The minimum Gasteiger partial charge on any atom is -0.348 e. The van der Waals surface area contributed by atoms with Crippen molar-refractivity contribution in [3.8, 4) is 0 Å². The van der Waals surface area contributed by atoms with Crippen molar-refractivity contribution in [2.24, 2.45) is 0 Å². The first-order chi connectivity index (χ1) is 11.4. The fourth-order valence-corrected chi connectivity index (χ4v) is 2.79. The molecule has 9 heteroatoms. The summed E-state index contributed by atoms with van der Waals surface area (Å²) >= 11 is 1.25. The smallest absolute Gasteiger partial charge is 0.348 e. The first-order valence-corrected chi connectivity index (χ1v) is 7.63. The van der Waals surface area contributed by atoms with Gasteiger partial charge in [0.25, 0.3) is 11.5 Å².